The van der Waals surface area contributed by atoms with Crippen LogP contribution in [0.3, 0.4) is 0 Å². The van der Waals surface area contributed by atoms with Gasteiger partial charge in [0.05, 0.1) is 25.0 Å². The Bertz CT molecular complexity index is 1360. The molecule has 4 aliphatic carbocycles. The van der Waals surface area contributed by atoms with Gasteiger partial charge in [-0.1, -0.05) is 18.9 Å². The number of nitrogens with zero attached hydrogens (tertiary/aromatic N) is 1. The lowest BCUT2D eigenvalue weighted by molar-refractivity contribution is -0.137. The van der Waals surface area contributed by atoms with E-state index in [1.165, 1.54) is 0 Å². The lowest BCUT2D eigenvalue weighted by Gasteiger charge is -2.52. The average molecular weight is 504 g/mol. The van der Waals surface area contributed by atoms with E-state index in [0.717, 1.165) is 30.2 Å². The van der Waals surface area contributed by atoms with Crippen LogP contribution in [0.2, 0.25) is 0 Å². The molecule has 5 fully saturated rings. The molecule has 4 N–H and O–H groups in total. The number of benzene rings is 1. The van der Waals surface area contributed by atoms with Gasteiger partial charge >= 0.3 is 0 Å². The standard InChI is InChI=1S/C27H29N5O5/c1-37-20-4-2-3-17-15(20)10-19(29-17)23(33)30-18(9-13-5-6-13)24(34)32-27(12-28)11-14-7-8-16(27)22-21(14)25(35)31-26(22)36/h2-4,10,13-14,16,18,21-22,29H,5-9,11H2,1H3,(H,30,33)(H,32,34)(H,31,35,36)/t14?,16-,18+,21+,22-,27-/m1/s1. The summed E-state index contributed by atoms with van der Waals surface area (Å²) in [4.78, 5) is 54.9. The van der Waals surface area contributed by atoms with Crippen LogP contribution in [0.5, 0.6) is 5.75 Å². The number of ether oxygens (including phenoxy) is 1. The molecule has 192 valence electrons. The highest BCUT2D eigenvalue weighted by atomic mass is 16.5. The fraction of sp³-hybridized carbons (Fsp3) is 0.519. The summed E-state index contributed by atoms with van der Waals surface area (Å²) in [5.74, 6) is -2.10. The number of rotatable bonds is 7. The first-order valence-electron chi connectivity index (χ1n) is 12.9. The van der Waals surface area contributed by atoms with E-state index in [1.54, 1.807) is 13.2 Å². The van der Waals surface area contributed by atoms with Crippen LogP contribution in [0, 0.1) is 40.9 Å². The third kappa shape index (κ3) is 3.84. The molecule has 2 bridgehead atoms. The molecule has 10 nitrogen and oxygen atoms in total. The van der Waals surface area contributed by atoms with Crippen LogP contribution in [0.15, 0.2) is 24.3 Å². The van der Waals surface area contributed by atoms with Gasteiger partial charge < -0.3 is 20.4 Å². The Morgan fingerprint density at radius 2 is 1.97 bits per heavy atom. The van der Waals surface area contributed by atoms with Gasteiger partial charge in [0, 0.05) is 16.8 Å². The van der Waals surface area contributed by atoms with Crippen LogP contribution < -0.4 is 20.7 Å². The first-order chi connectivity index (χ1) is 17.8. The van der Waals surface area contributed by atoms with Gasteiger partial charge in [0.25, 0.3) is 5.91 Å². The molecule has 37 heavy (non-hydrogen) atoms. The van der Waals surface area contributed by atoms with E-state index in [9.17, 15) is 24.4 Å². The minimum atomic E-state index is -1.25. The molecular formula is C27H29N5O5. The number of aromatic nitrogens is 1. The molecule has 4 amide bonds. The number of hydrogen-bond donors (Lipinski definition) is 4. The van der Waals surface area contributed by atoms with Gasteiger partial charge in [-0.25, -0.2) is 0 Å². The zero-order valence-corrected chi connectivity index (χ0v) is 20.5. The van der Waals surface area contributed by atoms with Gasteiger partial charge in [-0.05, 0) is 55.7 Å². The molecule has 0 radical (unpaired) electrons. The molecular weight excluding hydrogens is 474 g/mol. The van der Waals surface area contributed by atoms with E-state index in [4.69, 9.17) is 4.74 Å². The summed E-state index contributed by atoms with van der Waals surface area (Å²) in [5, 5.41) is 19.3. The Morgan fingerprint density at radius 3 is 2.70 bits per heavy atom. The quantitative estimate of drug-likeness (QED) is 0.423. The number of nitriles is 1. The van der Waals surface area contributed by atoms with Gasteiger partial charge in [-0.3, -0.25) is 24.5 Å². The summed E-state index contributed by atoms with van der Waals surface area (Å²) >= 11 is 0. The molecule has 0 spiro atoms. The molecule has 5 aliphatic rings. The number of H-pyrrole nitrogens is 1. The molecule has 1 aromatic heterocycles. The van der Waals surface area contributed by atoms with Crippen LogP contribution in [0.4, 0.5) is 0 Å². The zero-order chi connectivity index (χ0) is 25.9. The summed E-state index contributed by atoms with van der Waals surface area (Å²) in [6.07, 6.45) is 4.12. The van der Waals surface area contributed by atoms with Gasteiger partial charge in [0.15, 0.2) is 0 Å². The Morgan fingerprint density at radius 1 is 1.19 bits per heavy atom. The Kier molecular flexibility index (Phi) is 5.48. The summed E-state index contributed by atoms with van der Waals surface area (Å²) in [7, 11) is 1.56. The summed E-state index contributed by atoms with van der Waals surface area (Å²) in [6, 6.07) is 8.66. The summed E-state index contributed by atoms with van der Waals surface area (Å²) in [6.45, 7) is 0. The predicted octanol–water partition coefficient (Wildman–Crippen LogP) is 1.77. The second kappa shape index (κ2) is 8.61. The second-order valence-electron chi connectivity index (χ2n) is 10.9. The second-order valence-corrected chi connectivity index (χ2v) is 10.9. The number of aromatic amines is 1. The predicted molar refractivity (Wildman–Crippen MR) is 131 cm³/mol. The van der Waals surface area contributed by atoms with Gasteiger partial charge in [0.1, 0.15) is 23.0 Å². The summed E-state index contributed by atoms with van der Waals surface area (Å²) in [5.41, 5.74) is -0.193. The van der Waals surface area contributed by atoms with E-state index in [-0.39, 0.29) is 17.7 Å². The molecule has 4 saturated carbocycles. The Balaban J connectivity index is 1.23. The minimum Gasteiger partial charge on any atom is -0.496 e. The molecule has 1 saturated heterocycles. The molecule has 1 unspecified atom stereocenters. The molecule has 7 rings (SSSR count). The number of carbonyl (C=O) groups is 4. The van der Waals surface area contributed by atoms with E-state index in [1.807, 2.05) is 18.2 Å². The van der Waals surface area contributed by atoms with Gasteiger partial charge in [-0.2, -0.15) is 5.26 Å². The SMILES string of the molecule is COc1cccc2[nH]c(C(=O)N[C@@H](CC3CC3)C(=O)N[C@@]3(C#N)CC4CC[C@@H]3[C@H]3C(=O)NC(=O)[C@@H]43)cc12. The van der Waals surface area contributed by atoms with Crippen molar-refractivity contribution >= 4 is 34.5 Å². The molecule has 1 aromatic carbocycles. The van der Waals surface area contributed by atoms with Crippen molar-refractivity contribution in [1.82, 2.24) is 20.9 Å². The largest absolute Gasteiger partial charge is 0.496 e. The molecule has 1 aliphatic heterocycles. The number of methoxy groups -OCH3 is 1. The van der Waals surface area contributed by atoms with Crippen molar-refractivity contribution in [3.05, 3.63) is 30.0 Å². The lowest BCUT2D eigenvalue weighted by Crippen LogP contribution is -2.66. The smallest absolute Gasteiger partial charge is 0.268 e. The van der Waals surface area contributed by atoms with Crippen molar-refractivity contribution in [1.29, 1.82) is 5.26 Å². The van der Waals surface area contributed by atoms with E-state index >= 15 is 0 Å². The molecule has 10 heteroatoms. The maximum absolute atomic E-state index is 13.6. The zero-order valence-electron chi connectivity index (χ0n) is 20.5. The molecule has 2 heterocycles. The van der Waals surface area contributed by atoms with Crippen LogP contribution in [0.25, 0.3) is 10.9 Å². The fourth-order valence-electron chi connectivity index (χ4n) is 6.84. The Labute approximate surface area is 213 Å². The molecule has 6 atom stereocenters. The van der Waals surface area contributed by atoms with Crippen molar-refractivity contribution in [3.63, 3.8) is 0 Å². The van der Waals surface area contributed by atoms with E-state index < -0.39 is 41.1 Å². The third-order valence-corrected chi connectivity index (χ3v) is 8.77. The summed E-state index contributed by atoms with van der Waals surface area (Å²) < 4.78 is 5.38. The highest BCUT2D eigenvalue weighted by molar-refractivity contribution is 6.06. The normalized spacial score (nSPS) is 30.8. The van der Waals surface area contributed by atoms with Crippen LogP contribution in [0.1, 0.15) is 49.0 Å². The van der Waals surface area contributed by atoms with Crippen molar-refractivity contribution in [3.8, 4) is 11.8 Å². The van der Waals surface area contributed by atoms with E-state index in [0.29, 0.717) is 36.6 Å². The average Bonchev–Trinajstić information content (AvgIpc) is 3.51. The fourth-order valence-corrected chi connectivity index (χ4v) is 6.84. The molecule has 2 aromatic rings. The van der Waals surface area contributed by atoms with Crippen LogP contribution in [-0.2, 0) is 14.4 Å². The van der Waals surface area contributed by atoms with Gasteiger partial charge in [0.2, 0.25) is 17.7 Å². The van der Waals surface area contributed by atoms with Crippen molar-refractivity contribution in [2.45, 2.75) is 50.1 Å². The number of fused-ring (bicyclic) bond motifs is 3. The van der Waals surface area contributed by atoms with Crippen molar-refractivity contribution in [2.75, 3.05) is 7.11 Å². The number of amides is 4. The maximum Gasteiger partial charge on any atom is 0.268 e. The number of imide groups is 1. The first-order valence-corrected chi connectivity index (χ1v) is 12.9. The van der Waals surface area contributed by atoms with Crippen LogP contribution in [-0.4, -0.2) is 47.3 Å². The monoisotopic (exact) mass is 503 g/mol. The van der Waals surface area contributed by atoms with Gasteiger partial charge in [-0.15, -0.1) is 0 Å². The van der Waals surface area contributed by atoms with E-state index in [2.05, 4.69) is 27.0 Å². The first kappa shape index (κ1) is 23.5. The highest BCUT2D eigenvalue weighted by Crippen LogP contribution is 2.55. The topological polar surface area (TPSA) is 153 Å². The highest BCUT2D eigenvalue weighted by Gasteiger charge is 2.64. The minimum absolute atomic E-state index is 0.140. The van der Waals surface area contributed by atoms with Crippen molar-refractivity contribution in [2.24, 2.45) is 29.6 Å². The van der Waals surface area contributed by atoms with Crippen LogP contribution >= 0.6 is 0 Å². The maximum atomic E-state index is 13.6. The third-order valence-electron chi connectivity index (χ3n) is 8.77. The number of hydrogen-bond acceptors (Lipinski definition) is 6. The number of nitrogens with one attached hydrogen (secondary N) is 4. The number of carbonyl (C=O) groups excluding carboxylic acids is 4. The van der Waals surface area contributed by atoms with Crippen molar-refractivity contribution < 1.29 is 23.9 Å². The lowest BCUT2D eigenvalue weighted by atomic mass is 9.52. The Hall–Kier alpha value is -3.87.